The van der Waals surface area contributed by atoms with Gasteiger partial charge in [-0.2, -0.15) is 12.6 Å². The first kappa shape index (κ1) is 9.65. The van der Waals surface area contributed by atoms with E-state index in [0.717, 1.165) is 0 Å². The van der Waals surface area contributed by atoms with E-state index < -0.39 is 12.0 Å². The Morgan fingerprint density at radius 1 is 1.80 bits per heavy atom. The van der Waals surface area contributed by atoms with Crippen molar-refractivity contribution >= 4 is 24.7 Å². The first-order chi connectivity index (χ1) is 4.63. The van der Waals surface area contributed by atoms with Gasteiger partial charge >= 0.3 is 0 Å². The molecule has 2 N–H and O–H groups in total. The van der Waals surface area contributed by atoms with Crippen LogP contribution in [0.2, 0.25) is 0 Å². The molecule has 0 fully saturated rings. The minimum absolute atomic E-state index is 0.245. The molecule has 1 unspecified atom stereocenters. The fourth-order valence-electron chi connectivity index (χ4n) is 0.495. The maximum absolute atomic E-state index is 10.9. The summed E-state index contributed by atoms with van der Waals surface area (Å²) in [5.41, 5.74) is 5.31. The van der Waals surface area contributed by atoms with E-state index in [1.807, 2.05) is 0 Å². The molecule has 0 aliphatic carbocycles. The Kier molecular flexibility index (Phi) is 4.31. The Morgan fingerprint density at radius 2 is 2.30 bits per heavy atom. The average molecular weight is 161 g/mol. The monoisotopic (exact) mass is 161 g/mol. The molecule has 0 aliphatic rings. The van der Waals surface area contributed by atoms with Crippen molar-refractivity contribution in [1.82, 2.24) is 0 Å². The zero-order valence-corrected chi connectivity index (χ0v) is 6.67. The van der Waals surface area contributed by atoms with E-state index in [9.17, 15) is 9.59 Å². The van der Waals surface area contributed by atoms with Gasteiger partial charge in [0.1, 0.15) is 6.29 Å². The second-order valence-corrected chi connectivity index (χ2v) is 2.48. The predicted molar refractivity (Wildman–Crippen MR) is 42.1 cm³/mol. The van der Waals surface area contributed by atoms with Gasteiger partial charge in [-0.1, -0.05) is 0 Å². The third kappa shape index (κ3) is 2.49. The summed E-state index contributed by atoms with van der Waals surface area (Å²) < 4.78 is 0. The lowest BCUT2D eigenvalue weighted by Crippen LogP contribution is -2.36. The van der Waals surface area contributed by atoms with Crippen LogP contribution >= 0.6 is 12.6 Å². The smallest absolute Gasteiger partial charge is 0.160 e. The van der Waals surface area contributed by atoms with Gasteiger partial charge in [-0.25, -0.2) is 0 Å². The standard InChI is InChI=1S/C6H11NO2S/c1-4(2-8)6(9)5(7)3-10/h2,4-5,10H,3,7H2,1H3/t4-,5?/m0/s1. The molecule has 0 bridgehead atoms. The minimum atomic E-state index is -0.608. The van der Waals surface area contributed by atoms with Crippen molar-refractivity contribution in [2.45, 2.75) is 13.0 Å². The van der Waals surface area contributed by atoms with Gasteiger partial charge in [0.05, 0.1) is 12.0 Å². The zero-order valence-electron chi connectivity index (χ0n) is 5.78. The Morgan fingerprint density at radius 3 is 2.60 bits per heavy atom. The van der Waals surface area contributed by atoms with Crippen LogP contribution in [-0.4, -0.2) is 23.9 Å². The van der Waals surface area contributed by atoms with Gasteiger partial charge in [0.2, 0.25) is 0 Å². The molecular formula is C6H11NO2S. The summed E-state index contributed by atoms with van der Waals surface area (Å²) in [6, 6.07) is -0.608. The maximum atomic E-state index is 10.9. The van der Waals surface area contributed by atoms with E-state index in [2.05, 4.69) is 12.6 Å². The van der Waals surface area contributed by atoms with Crippen molar-refractivity contribution in [3.05, 3.63) is 0 Å². The zero-order chi connectivity index (χ0) is 8.15. The number of thiol groups is 1. The van der Waals surface area contributed by atoms with Crippen molar-refractivity contribution < 1.29 is 9.59 Å². The van der Waals surface area contributed by atoms with Gasteiger partial charge in [-0.3, -0.25) is 4.79 Å². The largest absolute Gasteiger partial charge is 0.321 e. The van der Waals surface area contributed by atoms with Crippen molar-refractivity contribution in [1.29, 1.82) is 0 Å². The second-order valence-electron chi connectivity index (χ2n) is 2.12. The molecule has 0 saturated carbocycles. The number of hydrogen-bond donors (Lipinski definition) is 2. The molecular weight excluding hydrogens is 150 g/mol. The molecule has 0 aromatic rings. The number of aldehydes is 1. The van der Waals surface area contributed by atoms with Crippen molar-refractivity contribution in [2.24, 2.45) is 11.7 Å². The molecule has 0 radical (unpaired) electrons. The van der Waals surface area contributed by atoms with Crippen LogP contribution in [0, 0.1) is 5.92 Å². The third-order valence-corrected chi connectivity index (χ3v) is 1.61. The molecule has 2 atom stereocenters. The van der Waals surface area contributed by atoms with E-state index in [1.54, 1.807) is 0 Å². The lowest BCUT2D eigenvalue weighted by atomic mass is 10.0. The summed E-state index contributed by atoms with van der Waals surface area (Å²) in [6.07, 6.45) is 0.589. The van der Waals surface area contributed by atoms with Crippen LogP contribution in [0.3, 0.4) is 0 Å². The molecule has 10 heavy (non-hydrogen) atoms. The second kappa shape index (κ2) is 4.46. The van der Waals surface area contributed by atoms with Crippen LogP contribution in [-0.2, 0) is 9.59 Å². The summed E-state index contributed by atoms with van der Waals surface area (Å²) in [4.78, 5) is 21.0. The number of carbonyl (C=O) groups is 2. The van der Waals surface area contributed by atoms with Gasteiger partial charge < -0.3 is 10.5 Å². The maximum Gasteiger partial charge on any atom is 0.160 e. The van der Waals surface area contributed by atoms with Gasteiger partial charge in [-0.05, 0) is 6.92 Å². The molecule has 0 saturated heterocycles. The van der Waals surface area contributed by atoms with Crippen LogP contribution in [0.1, 0.15) is 6.92 Å². The van der Waals surface area contributed by atoms with Crippen molar-refractivity contribution in [3.63, 3.8) is 0 Å². The summed E-state index contributed by atoms with van der Waals surface area (Å²) in [6.45, 7) is 1.53. The SMILES string of the molecule is C[C@@H](C=O)C(=O)C(N)CS. The van der Waals surface area contributed by atoms with Crippen molar-refractivity contribution in [2.75, 3.05) is 5.75 Å². The van der Waals surface area contributed by atoms with Crippen LogP contribution in [0.25, 0.3) is 0 Å². The van der Waals surface area contributed by atoms with Crippen LogP contribution in [0.5, 0.6) is 0 Å². The highest BCUT2D eigenvalue weighted by molar-refractivity contribution is 7.80. The van der Waals surface area contributed by atoms with E-state index in [1.165, 1.54) is 6.92 Å². The Hall–Kier alpha value is -0.350. The molecule has 0 spiro atoms. The minimum Gasteiger partial charge on any atom is -0.321 e. The predicted octanol–water partition coefficient (Wildman–Crippen LogP) is -0.352. The van der Waals surface area contributed by atoms with Gasteiger partial charge in [0.25, 0.3) is 0 Å². The quantitative estimate of drug-likeness (QED) is 0.336. The van der Waals surface area contributed by atoms with Crippen LogP contribution in [0.4, 0.5) is 0 Å². The lowest BCUT2D eigenvalue weighted by molar-refractivity contribution is -0.127. The Bertz CT molecular complexity index is 138. The number of rotatable bonds is 4. The Labute approximate surface area is 65.4 Å². The molecule has 0 aliphatic heterocycles. The molecule has 58 valence electrons. The highest BCUT2D eigenvalue weighted by Crippen LogP contribution is 1.96. The number of hydrogen-bond acceptors (Lipinski definition) is 4. The third-order valence-electron chi connectivity index (χ3n) is 1.22. The molecule has 4 heteroatoms. The molecule has 0 aromatic carbocycles. The fraction of sp³-hybridized carbons (Fsp3) is 0.667. The summed E-state index contributed by atoms with van der Waals surface area (Å²) in [5, 5.41) is 0. The van der Waals surface area contributed by atoms with E-state index >= 15 is 0 Å². The highest BCUT2D eigenvalue weighted by atomic mass is 32.1. The van der Waals surface area contributed by atoms with Gasteiger partial charge in [0, 0.05) is 5.75 Å². The molecule has 0 amide bonds. The summed E-state index contributed by atoms with van der Waals surface area (Å²) >= 11 is 3.83. The molecule has 0 rings (SSSR count). The fourth-order valence-corrected chi connectivity index (χ4v) is 0.675. The molecule has 3 nitrogen and oxygen atoms in total. The highest BCUT2D eigenvalue weighted by Gasteiger charge is 2.17. The summed E-state index contributed by atoms with van der Waals surface area (Å²) in [5.74, 6) is -0.552. The van der Waals surface area contributed by atoms with Gasteiger partial charge in [-0.15, -0.1) is 0 Å². The first-order valence-corrected chi connectivity index (χ1v) is 3.62. The lowest BCUT2D eigenvalue weighted by Gasteiger charge is -2.07. The van der Waals surface area contributed by atoms with E-state index in [-0.39, 0.29) is 11.5 Å². The van der Waals surface area contributed by atoms with Crippen LogP contribution in [0.15, 0.2) is 0 Å². The number of Topliss-reactive ketones (excluding diaryl/α,β-unsaturated/α-hetero) is 1. The molecule has 0 aromatic heterocycles. The van der Waals surface area contributed by atoms with E-state index in [4.69, 9.17) is 5.73 Å². The number of ketones is 1. The number of carbonyl (C=O) groups excluding carboxylic acids is 2. The first-order valence-electron chi connectivity index (χ1n) is 2.99. The normalized spacial score (nSPS) is 15.9. The topological polar surface area (TPSA) is 60.2 Å². The van der Waals surface area contributed by atoms with Crippen molar-refractivity contribution in [3.8, 4) is 0 Å². The average Bonchev–Trinajstić information content (AvgIpc) is 2.00. The van der Waals surface area contributed by atoms with Gasteiger partial charge in [0.15, 0.2) is 5.78 Å². The number of nitrogens with two attached hydrogens (primary N) is 1. The Balaban J connectivity index is 3.93. The molecule has 0 heterocycles. The van der Waals surface area contributed by atoms with E-state index in [0.29, 0.717) is 6.29 Å². The summed E-state index contributed by atoms with van der Waals surface area (Å²) in [7, 11) is 0. The van der Waals surface area contributed by atoms with Crippen LogP contribution < -0.4 is 5.73 Å².